The van der Waals surface area contributed by atoms with E-state index in [0.29, 0.717) is 11.4 Å². The summed E-state index contributed by atoms with van der Waals surface area (Å²) in [5.74, 6) is 0. The van der Waals surface area contributed by atoms with Gasteiger partial charge in [-0.25, -0.2) is 13.1 Å². The van der Waals surface area contributed by atoms with E-state index in [9.17, 15) is 21.6 Å². The molecule has 0 atom stereocenters. The highest BCUT2D eigenvalue weighted by Gasteiger charge is 2.27. The van der Waals surface area contributed by atoms with Crippen LogP contribution in [0.15, 0.2) is 4.90 Å². The van der Waals surface area contributed by atoms with Crippen molar-refractivity contribution in [1.29, 1.82) is 0 Å². The molecule has 0 amide bonds. The third-order valence-corrected chi connectivity index (χ3v) is 4.45. The molecular formula is C11H18F3N3O3S. The van der Waals surface area contributed by atoms with Crippen molar-refractivity contribution in [3.05, 3.63) is 11.4 Å². The highest BCUT2D eigenvalue weighted by atomic mass is 32.2. The Morgan fingerprint density at radius 1 is 1.33 bits per heavy atom. The number of alkyl halides is 3. The molecule has 1 heterocycles. The van der Waals surface area contributed by atoms with E-state index in [0.717, 1.165) is 0 Å². The molecule has 21 heavy (non-hydrogen) atoms. The average molecular weight is 329 g/mol. The van der Waals surface area contributed by atoms with Crippen LogP contribution in [0.2, 0.25) is 0 Å². The second kappa shape index (κ2) is 6.75. The standard InChI is InChI=1S/C11H18F3N3O3S/c1-8-10(9(2)17(3)16-8)21(18,19)15-5-4-6-20-7-11(12,13)14/h15H,4-7H2,1-3H3. The average Bonchev–Trinajstić information content (AvgIpc) is 2.56. The fourth-order valence-electron chi connectivity index (χ4n) is 1.78. The molecule has 0 aromatic carbocycles. The van der Waals surface area contributed by atoms with Crippen LogP contribution >= 0.6 is 0 Å². The Morgan fingerprint density at radius 2 is 1.95 bits per heavy atom. The number of halogens is 3. The van der Waals surface area contributed by atoms with Crippen molar-refractivity contribution in [2.45, 2.75) is 31.3 Å². The second-order valence-electron chi connectivity index (χ2n) is 4.54. The van der Waals surface area contributed by atoms with E-state index < -0.39 is 22.8 Å². The minimum atomic E-state index is -4.37. The maximum atomic E-state index is 12.1. The Morgan fingerprint density at radius 3 is 2.43 bits per heavy atom. The minimum Gasteiger partial charge on any atom is -0.372 e. The van der Waals surface area contributed by atoms with Crippen LogP contribution < -0.4 is 4.72 Å². The lowest BCUT2D eigenvalue weighted by atomic mass is 10.4. The van der Waals surface area contributed by atoms with Gasteiger partial charge in [-0.3, -0.25) is 4.68 Å². The molecule has 0 aliphatic rings. The predicted octanol–water partition coefficient (Wildman–Crippen LogP) is 1.28. The summed E-state index contributed by atoms with van der Waals surface area (Å²) in [5.41, 5.74) is 0.865. The lowest BCUT2D eigenvalue weighted by Crippen LogP contribution is -2.27. The maximum Gasteiger partial charge on any atom is 0.411 e. The fourth-order valence-corrected chi connectivity index (χ4v) is 3.29. The Labute approximate surface area is 121 Å². The summed E-state index contributed by atoms with van der Waals surface area (Å²) in [4.78, 5) is 0.0983. The third-order valence-electron chi connectivity index (χ3n) is 2.73. The normalized spacial score (nSPS) is 12.9. The number of aromatic nitrogens is 2. The molecule has 1 rings (SSSR count). The van der Waals surface area contributed by atoms with Crippen molar-refractivity contribution < 1.29 is 26.3 Å². The van der Waals surface area contributed by atoms with Gasteiger partial charge in [0.25, 0.3) is 0 Å². The molecule has 0 spiro atoms. The lowest BCUT2D eigenvalue weighted by molar-refractivity contribution is -0.173. The summed E-state index contributed by atoms with van der Waals surface area (Å²) in [6.07, 6.45) is -4.23. The summed E-state index contributed by atoms with van der Waals surface area (Å²) in [7, 11) is -2.10. The van der Waals surface area contributed by atoms with Crippen LogP contribution in [0.5, 0.6) is 0 Å². The number of ether oxygens (including phenoxy) is 1. The molecule has 1 aromatic rings. The molecule has 122 valence electrons. The molecule has 6 nitrogen and oxygen atoms in total. The van der Waals surface area contributed by atoms with Gasteiger partial charge in [0.05, 0.1) is 11.4 Å². The van der Waals surface area contributed by atoms with Crippen molar-refractivity contribution in [3.8, 4) is 0 Å². The van der Waals surface area contributed by atoms with Gasteiger partial charge in [0.15, 0.2) is 0 Å². The maximum absolute atomic E-state index is 12.1. The number of rotatable bonds is 7. The topological polar surface area (TPSA) is 73.2 Å². The highest BCUT2D eigenvalue weighted by molar-refractivity contribution is 7.89. The quantitative estimate of drug-likeness (QED) is 0.765. The molecule has 0 saturated heterocycles. The second-order valence-corrected chi connectivity index (χ2v) is 6.25. The number of nitrogens with zero attached hydrogens (tertiary/aromatic N) is 2. The van der Waals surface area contributed by atoms with Gasteiger partial charge in [-0.05, 0) is 20.3 Å². The van der Waals surface area contributed by atoms with Crippen LogP contribution in [0.25, 0.3) is 0 Å². The lowest BCUT2D eigenvalue weighted by Gasteiger charge is -2.09. The zero-order chi connectivity index (χ0) is 16.3. The fraction of sp³-hybridized carbons (Fsp3) is 0.727. The summed E-state index contributed by atoms with van der Waals surface area (Å²) < 4.78 is 67.8. The largest absolute Gasteiger partial charge is 0.411 e. The van der Waals surface area contributed by atoms with Gasteiger partial charge < -0.3 is 4.74 Å². The molecule has 0 saturated carbocycles. The Bertz CT molecular complexity index is 582. The minimum absolute atomic E-state index is 0.00599. The van der Waals surface area contributed by atoms with Gasteiger partial charge >= 0.3 is 6.18 Å². The van der Waals surface area contributed by atoms with E-state index >= 15 is 0 Å². The molecule has 0 radical (unpaired) electrons. The Balaban J connectivity index is 2.48. The molecule has 0 unspecified atom stereocenters. The Hall–Kier alpha value is -1.13. The molecular weight excluding hydrogens is 311 g/mol. The van der Waals surface area contributed by atoms with Crippen LogP contribution in [0.3, 0.4) is 0 Å². The smallest absolute Gasteiger partial charge is 0.372 e. The van der Waals surface area contributed by atoms with Gasteiger partial charge in [0.1, 0.15) is 11.5 Å². The van der Waals surface area contributed by atoms with Crippen LogP contribution in [0, 0.1) is 13.8 Å². The monoisotopic (exact) mass is 329 g/mol. The van der Waals surface area contributed by atoms with E-state index in [1.807, 2.05) is 0 Å². The van der Waals surface area contributed by atoms with E-state index in [2.05, 4.69) is 14.6 Å². The first-order chi connectivity index (χ1) is 9.54. The zero-order valence-corrected chi connectivity index (χ0v) is 12.8. The first kappa shape index (κ1) is 17.9. The third kappa shape index (κ3) is 5.29. The number of sulfonamides is 1. The number of aryl methyl sites for hydroxylation is 2. The number of nitrogens with one attached hydrogen (secondary N) is 1. The van der Waals surface area contributed by atoms with Crippen molar-refractivity contribution in [2.24, 2.45) is 7.05 Å². The predicted molar refractivity (Wildman–Crippen MR) is 69.4 cm³/mol. The van der Waals surface area contributed by atoms with E-state index in [4.69, 9.17) is 0 Å². The molecule has 0 aliphatic carbocycles. The van der Waals surface area contributed by atoms with Crippen molar-refractivity contribution in [1.82, 2.24) is 14.5 Å². The number of hydrogen-bond acceptors (Lipinski definition) is 4. The molecule has 1 aromatic heterocycles. The number of hydrogen-bond donors (Lipinski definition) is 1. The molecule has 10 heteroatoms. The van der Waals surface area contributed by atoms with Crippen LogP contribution in [-0.2, 0) is 21.8 Å². The first-order valence-electron chi connectivity index (χ1n) is 6.19. The first-order valence-corrected chi connectivity index (χ1v) is 7.67. The van der Waals surface area contributed by atoms with Crippen molar-refractivity contribution in [2.75, 3.05) is 19.8 Å². The summed E-state index contributed by atoms with van der Waals surface area (Å²) >= 11 is 0. The van der Waals surface area contributed by atoms with E-state index in [1.165, 1.54) is 4.68 Å². The molecule has 1 N–H and O–H groups in total. The van der Waals surface area contributed by atoms with Gasteiger partial charge in [-0.2, -0.15) is 18.3 Å². The van der Waals surface area contributed by atoms with Crippen molar-refractivity contribution >= 4 is 10.0 Å². The summed E-state index contributed by atoms with van der Waals surface area (Å²) in [5, 5.41) is 4.01. The van der Waals surface area contributed by atoms with E-state index in [1.54, 1.807) is 20.9 Å². The van der Waals surface area contributed by atoms with E-state index in [-0.39, 0.29) is 24.5 Å². The summed E-state index contributed by atoms with van der Waals surface area (Å²) in [6, 6.07) is 0. The molecule has 0 fully saturated rings. The van der Waals surface area contributed by atoms with Gasteiger partial charge in [-0.15, -0.1) is 0 Å². The van der Waals surface area contributed by atoms with Crippen LogP contribution in [0.4, 0.5) is 13.2 Å². The zero-order valence-electron chi connectivity index (χ0n) is 12.0. The molecule has 0 aliphatic heterocycles. The van der Waals surface area contributed by atoms with Gasteiger partial charge in [0, 0.05) is 20.2 Å². The Kier molecular flexibility index (Phi) is 5.76. The van der Waals surface area contributed by atoms with Crippen LogP contribution in [0.1, 0.15) is 17.8 Å². The SMILES string of the molecule is Cc1nn(C)c(C)c1S(=O)(=O)NCCCOCC(F)(F)F. The van der Waals surface area contributed by atoms with Gasteiger partial charge in [-0.1, -0.05) is 0 Å². The van der Waals surface area contributed by atoms with Crippen molar-refractivity contribution in [3.63, 3.8) is 0 Å². The highest BCUT2D eigenvalue weighted by Crippen LogP contribution is 2.18. The van der Waals surface area contributed by atoms with Gasteiger partial charge in [0.2, 0.25) is 10.0 Å². The van der Waals surface area contributed by atoms with Crippen LogP contribution in [-0.4, -0.2) is 44.1 Å². The molecule has 0 bridgehead atoms. The summed E-state index contributed by atoms with van der Waals surface area (Å²) in [6.45, 7) is 1.69.